The average molecular weight is 388 g/mol. The summed E-state index contributed by atoms with van der Waals surface area (Å²) in [5.74, 6) is -1.48. The third-order valence-electron chi connectivity index (χ3n) is 4.40. The summed E-state index contributed by atoms with van der Waals surface area (Å²) >= 11 is 0. The number of amides is 1. The molecule has 2 aromatic rings. The van der Waals surface area contributed by atoms with Gasteiger partial charge in [-0.05, 0) is 49.6 Å². The van der Waals surface area contributed by atoms with Gasteiger partial charge in [0.25, 0.3) is 5.91 Å². The number of hydrogen-bond donors (Lipinski definition) is 1. The van der Waals surface area contributed by atoms with Crippen molar-refractivity contribution >= 4 is 17.7 Å². The molecule has 0 atom stereocenters. The highest BCUT2D eigenvalue weighted by atomic mass is 19.1. The van der Waals surface area contributed by atoms with E-state index in [1.807, 2.05) is 13.8 Å². The number of nitrogens with one attached hydrogen (secondary N) is 1. The van der Waals surface area contributed by atoms with Crippen LogP contribution in [0, 0.1) is 25.6 Å². The van der Waals surface area contributed by atoms with Gasteiger partial charge in [0.15, 0.2) is 5.78 Å². The highest BCUT2D eigenvalue weighted by molar-refractivity contribution is 6.05. The Balaban J connectivity index is 2.31. The Morgan fingerprint density at radius 2 is 1.75 bits per heavy atom. The zero-order chi connectivity index (χ0) is 21.0. The van der Waals surface area contributed by atoms with Crippen LogP contribution < -0.4 is 0 Å². The molecule has 1 aromatic carbocycles. The highest BCUT2D eigenvalue weighted by Gasteiger charge is 2.26. The first-order valence-electron chi connectivity index (χ1n) is 9.01. The number of carbonyl (C=O) groups is 3. The predicted octanol–water partition coefficient (Wildman–Crippen LogP) is 3.54. The Hall–Kier alpha value is -2.96. The molecule has 0 aliphatic rings. The number of nitrogens with zero attached hydrogens (tertiary/aromatic N) is 1. The van der Waals surface area contributed by atoms with Crippen molar-refractivity contribution in [1.29, 1.82) is 0 Å². The van der Waals surface area contributed by atoms with Crippen molar-refractivity contribution in [3.63, 3.8) is 0 Å². The van der Waals surface area contributed by atoms with Crippen LogP contribution in [0.25, 0.3) is 0 Å². The van der Waals surface area contributed by atoms with E-state index in [1.54, 1.807) is 13.8 Å². The van der Waals surface area contributed by atoms with Crippen molar-refractivity contribution in [3.05, 3.63) is 58.2 Å². The Kier molecular flexibility index (Phi) is 6.72. The van der Waals surface area contributed by atoms with E-state index < -0.39 is 11.8 Å². The number of halogens is 1. The van der Waals surface area contributed by atoms with Crippen LogP contribution in [0.5, 0.6) is 0 Å². The largest absolute Gasteiger partial charge is 0.464 e. The van der Waals surface area contributed by atoms with Crippen molar-refractivity contribution in [2.24, 2.45) is 5.92 Å². The third kappa shape index (κ3) is 4.65. The standard InChI is InChI=1S/C21H25FN2O4/c1-12(2)10-24(20(26)15-6-8-16(22)9-7-15)11-17(25)18-13(3)19(21(27)28-5)23-14(18)4/h6-9,12,23H,10-11H2,1-5H3. The molecule has 6 nitrogen and oxygen atoms in total. The van der Waals surface area contributed by atoms with E-state index in [0.29, 0.717) is 28.9 Å². The SMILES string of the molecule is COC(=O)c1[nH]c(C)c(C(=O)CN(CC(C)C)C(=O)c2ccc(F)cc2)c1C. The zero-order valence-electron chi connectivity index (χ0n) is 16.8. The molecule has 0 saturated carbocycles. The summed E-state index contributed by atoms with van der Waals surface area (Å²) in [5.41, 5.74) is 1.95. The first kappa shape index (κ1) is 21.3. The number of aryl methyl sites for hydroxylation is 1. The topological polar surface area (TPSA) is 79.5 Å². The second-order valence-corrected chi connectivity index (χ2v) is 7.13. The normalized spacial score (nSPS) is 10.8. The van der Waals surface area contributed by atoms with Crippen molar-refractivity contribution in [1.82, 2.24) is 9.88 Å². The molecule has 0 unspecified atom stereocenters. The molecule has 0 spiro atoms. The van der Waals surface area contributed by atoms with Crippen molar-refractivity contribution in [2.45, 2.75) is 27.7 Å². The maximum atomic E-state index is 13.2. The number of ether oxygens (including phenoxy) is 1. The lowest BCUT2D eigenvalue weighted by atomic mass is 10.0. The fourth-order valence-corrected chi connectivity index (χ4v) is 3.16. The molecule has 150 valence electrons. The van der Waals surface area contributed by atoms with Crippen LogP contribution in [0.1, 0.15) is 56.3 Å². The lowest BCUT2D eigenvalue weighted by Gasteiger charge is -2.24. The van der Waals surface area contributed by atoms with E-state index in [4.69, 9.17) is 4.74 Å². The van der Waals surface area contributed by atoms with Gasteiger partial charge in [0.2, 0.25) is 0 Å². The van der Waals surface area contributed by atoms with Gasteiger partial charge in [0.1, 0.15) is 11.5 Å². The highest BCUT2D eigenvalue weighted by Crippen LogP contribution is 2.20. The number of Topliss-reactive ketones (excluding diaryl/α,β-unsaturated/α-hetero) is 1. The molecule has 1 N–H and O–H groups in total. The molecular formula is C21H25FN2O4. The lowest BCUT2D eigenvalue weighted by Crippen LogP contribution is -2.38. The van der Waals surface area contributed by atoms with Gasteiger partial charge in [0, 0.05) is 23.4 Å². The van der Waals surface area contributed by atoms with E-state index in [1.165, 1.54) is 36.3 Å². The third-order valence-corrected chi connectivity index (χ3v) is 4.40. The Labute approximate surface area is 163 Å². The fraction of sp³-hybridized carbons (Fsp3) is 0.381. The van der Waals surface area contributed by atoms with E-state index in [2.05, 4.69) is 4.98 Å². The molecule has 1 heterocycles. The maximum absolute atomic E-state index is 13.2. The number of methoxy groups -OCH3 is 1. The molecule has 0 aliphatic heterocycles. The molecular weight excluding hydrogens is 363 g/mol. The summed E-state index contributed by atoms with van der Waals surface area (Å²) in [5, 5.41) is 0. The van der Waals surface area contributed by atoms with Gasteiger partial charge in [-0.2, -0.15) is 0 Å². The second kappa shape index (κ2) is 8.82. The summed E-state index contributed by atoms with van der Waals surface area (Å²) in [6.45, 7) is 7.47. The second-order valence-electron chi connectivity index (χ2n) is 7.13. The fourth-order valence-electron chi connectivity index (χ4n) is 3.16. The minimum Gasteiger partial charge on any atom is -0.464 e. The number of aromatic amines is 1. The van der Waals surface area contributed by atoms with Gasteiger partial charge in [-0.25, -0.2) is 9.18 Å². The van der Waals surface area contributed by atoms with Gasteiger partial charge in [-0.15, -0.1) is 0 Å². The zero-order valence-corrected chi connectivity index (χ0v) is 16.8. The van der Waals surface area contributed by atoms with Crippen molar-refractivity contribution in [3.8, 4) is 0 Å². The molecule has 0 fully saturated rings. The maximum Gasteiger partial charge on any atom is 0.354 e. The van der Waals surface area contributed by atoms with E-state index in [9.17, 15) is 18.8 Å². The number of aromatic nitrogens is 1. The molecule has 1 amide bonds. The molecule has 2 rings (SSSR count). The van der Waals surface area contributed by atoms with Crippen LogP contribution in [-0.4, -0.2) is 47.7 Å². The number of benzene rings is 1. The summed E-state index contributed by atoms with van der Waals surface area (Å²) < 4.78 is 17.9. The van der Waals surface area contributed by atoms with Crippen LogP contribution in [0.4, 0.5) is 4.39 Å². The molecule has 0 aliphatic carbocycles. The van der Waals surface area contributed by atoms with Crippen LogP contribution in [0.3, 0.4) is 0 Å². The Morgan fingerprint density at radius 3 is 2.29 bits per heavy atom. The molecule has 0 saturated heterocycles. The minimum atomic E-state index is -0.555. The first-order valence-corrected chi connectivity index (χ1v) is 9.01. The number of esters is 1. The van der Waals surface area contributed by atoms with Crippen LogP contribution in [-0.2, 0) is 4.74 Å². The quantitative estimate of drug-likeness (QED) is 0.581. The van der Waals surface area contributed by atoms with Crippen molar-refractivity contribution < 1.29 is 23.5 Å². The summed E-state index contributed by atoms with van der Waals surface area (Å²) in [4.78, 5) is 42.0. The summed E-state index contributed by atoms with van der Waals surface area (Å²) in [6.07, 6.45) is 0. The number of H-pyrrole nitrogens is 1. The smallest absolute Gasteiger partial charge is 0.354 e. The van der Waals surface area contributed by atoms with Gasteiger partial charge in [-0.1, -0.05) is 13.8 Å². The average Bonchev–Trinajstić information content (AvgIpc) is 2.94. The number of rotatable bonds is 7. The number of ketones is 1. The molecule has 1 aromatic heterocycles. The molecule has 0 radical (unpaired) electrons. The molecule has 0 bridgehead atoms. The Bertz CT molecular complexity index is 885. The lowest BCUT2D eigenvalue weighted by molar-refractivity contribution is 0.0593. The van der Waals surface area contributed by atoms with Crippen LogP contribution in [0.2, 0.25) is 0 Å². The van der Waals surface area contributed by atoms with Gasteiger partial charge < -0.3 is 14.6 Å². The Morgan fingerprint density at radius 1 is 1.14 bits per heavy atom. The monoisotopic (exact) mass is 388 g/mol. The number of carbonyl (C=O) groups excluding carboxylic acids is 3. The minimum absolute atomic E-state index is 0.135. The van der Waals surface area contributed by atoms with E-state index in [-0.39, 0.29) is 29.8 Å². The number of hydrogen-bond acceptors (Lipinski definition) is 4. The van der Waals surface area contributed by atoms with Crippen molar-refractivity contribution in [2.75, 3.05) is 20.2 Å². The molecule has 7 heteroatoms. The van der Waals surface area contributed by atoms with E-state index >= 15 is 0 Å². The predicted molar refractivity (Wildman–Crippen MR) is 103 cm³/mol. The van der Waals surface area contributed by atoms with E-state index in [0.717, 1.165) is 0 Å². The first-order chi connectivity index (χ1) is 13.1. The van der Waals surface area contributed by atoms with Crippen LogP contribution >= 0.6 is 0 Å². The van der Waals surface area contributed by atoms with Crippen LogP contribution in [0.15, 0.2) is 24.3 Å². The van der Waals surface area contributed by atoms with Gasteiger partial charge >= 0.3 is 5.97 Å². The summed E-state index contributed by atoms with van der Waals surface area (Å²) in [7, 11) is 1.27. The molecule has 28 heavy (non-hydrogen) atoms. The summed E-state index contributed by atoms with van der Waals surface area (Å²) in [6, 6.07) is 5.23. The van der Waals surface area contributed by atoms with Gasteiger partial charge in [-0.3, -0.25) is 9.59 Å². The van der Waals surface area contributed by atoms with Gasteiger partial charge in [0.05, 0.1) is 13.7 Å².